The van der Waals surface area contributed by atoms with Gasteiger partial charge in [-0.15, -0.1) is 11.3 Å². The lowest BCUT2D eigenvalue weighted by atomic mass is 10.1. The Bertz CT molecular complexity index is 847. The number of aryl methyl sites for hydroxylation is 1. The van der Waals surface area contributed by atoms with E-state index in [1.54, 1.807) is 23.5 Å². The molecule has 1 aromatic heterocycles. The van der Waals surface area contributed by atoms with Gasteiger partial charge < -0.3 is 10.1 Å². The van der Waals surface area contributed by atoms with Gasteiger partial charge in [-0.2, -0.15) is 0 Å². The first-order valence-electron chi connectivity index (χ1n) is 8.45. The van der Waals surface area contributed by atoms with Crippen LogP contribution in [0.15, 0.2) is 66.0 Å². The zero-order valence-electron chi connectivity index (χ0n) is 14.4. The number of carbonyl (C=O) groups excluding carboxylic acids is 1. The first-order valence-corrected chi connectivity index (χ1v) is 9.33. The Morgan fingerprint density at radius 3 is 2.65 bits per heavy atom. The third kappa shape index (κ3) is 4.70. The predicted octanol–water partition coefficient (Wildman–Crippen LogP) is 4.73. The van der Waals surface area contributed by atoms with E-state index in [1.165, 1.54) is 12.1 Å². The van der Waals surface area contributed by atoms with E-state index in [2.05, 4.69) is 12.2 Å². The van der Waals surface area contributed by atoms with Crippen molar-refractivity contribution in [3.05, 3.63) is 87.9 Å². The Morgan fingerprint density at radius 1 is 1.15 bits per heavy atom. The number of benzene rings is 2. The van der Waals surface area contributed by atoms with Crippen molar-refractivity contribution in [2.45, 2.75) is 19.4 Å². The number of halogens is 1. The van der Waals surface area contributed by atoms with E-state index in [9.17, 15) is 9.18 Å². The largest absolute Gasteiger partial charge is 0.484 e. The molecule has 0 aliphatic rings. The molecule has 0 bridgehead atoms. The molecule has 1 atom stereocenters. The second kappa shape index (κ2) is 8.63. The summed E-state index contributed by atoms with van der Waals surface area (Å²) in [6, 6.07) is 17.4. The average molecular weight is 369 g/mol. The van der Waals surface area contributed by atoms with Gasteiger partial charge in [-0.25, -0.2) is 4.39 Å². The van der Waals surface area contributed by atoms with Crippen LogP contribution in [0.1, 0.15) is 29.0 Å². The summed E-state index contributed by atoms with van der Waals surface area (Å²) in [5.74, 6) is 0.146. The minimum absolute atomic E-state index is 0.0732. The van der Waals surface area contributed by atoms with Crippen LogP contribution < -0.4 is 10.1 Å². The van der Waals surface area contributed by atoms with E-state index >= 15 is 0 Å². The molecule has 0 saturated carbocycles. The number of ether oxygens (including phenoxy) is 1. The molecular weight excluding hydrogens is 349 g/mol. The highest BCUT2D eigenvalue weighted by atomic mass is 32.1. The van der Waals surface area contributed by atoms with E-state index in [0.717, 1.165) is 22.4 Å². The van der Waals surface area contributed by atoms with Crippen molar-refractivity contribution in [1.29, 1.82) is 0 Å². The molecule has 2 aromatic carbocycles. The van der Waals surface area contributed by atoms with Gasteiger partial charge in [-0.05, 0) is 53.3 Å². The molecule has 1 heterocycles. The normalized spacial score (nSPS) is 11.8. The summed E-state index contributed by atoms with van der Waals surface area (Å²) < 4.78 is 18.8. The Kier molecular flexibility index (Phi) is 6.02. The molecule has 0 aliphatic heterocycles. The second-order valence-electron chi connectivity index (χ2n) is 5.86. The molecule has 3 rings (SSSR count). The maximum Gasteiger partial charge on any atom is 0.258 e. The third-order valence-electron chi connectivity index (χ3n) is 4.01. The lowest BCUT2D eigenvalue weighted by Crippen LogP contribution is -2.32. The number of carbonyl (C=O) groups is 1. The fourth-order valence-electron chi connectivity index (χ4n) is 2.64. The zero-order valence-corrected chi connectivity index (χ0v) is 15.3. The zero-order chi connectivity index (χ0) is 18.4. The molecule has 0 spiro atoms. The highest BCUT2D eigenvalue weighted by Gasteiger charge is 2.18. The van der Waals surface area contributed by atoms with Crippen LogP contribution >= 0.6 is 11.3 Å². The van der Waals surface area contributed by atoms with Gasteiger partial charge in [-0.3, -0.25) is 4.79 Å². The number of nitrogens with one attached hydrogen (secondary N) is 1. The molecule has 1 N–H and O–H groups in total. The van der Waals surface area contributed by atoms with Gasteiger partial charge in [0.2, 0.25) is 0 Å². The molecule has 5 heteroatoms. The van der Waals surface area contributed by atoms with Crippen LogP contribution in [0.4, 0.5) is 4.39 Å². The van der Waals surface area contributed by atoms with Crippen molar-refractivity contribution in [3.63, 3.8) is 0 Å². The molecule has 3 nitrogen and oxygen atoms in total. The van der Waals surface area contributed by atoms with E-state index in [0.29, 0.717) is 5.75 Å². The summed E-state index contributed by atoms with van der Waals surface area (Å²) in [6.45, 7) is 2.00. The van der Waals surface area contributed by atoms with Crippen LogP contribution in [0.3, 0.4) is 0 Å². The van der Waals surface area contributed by atoms with Gasteiger partial charge in [0, 0.05) is 4.88 Å². The summed E-state index contributed by atoms with van der Waals surface area (Å²) in [4.78, 5) is 13.4. The Morgan fingerprint density at radius 2 is 1.96 bits per heavy atom. The lowest BCUT2D eigenvalue weighted by molar-refractivity contribution is -0.123. The average Bonchev–Trinajstić information content (AvgIpc) is 3.20. The third-order valence-corrected chi connectivity index (χ3v) is 4.95. The van der Waals surface area contributed by atoms with Crippen molar-refractivity contribution in [3.8, 4) is 5.75 Å². The predicted molar refractivity (Wildman–Crippen MR) is 102 cm³/mol. The summed E-state index contributed by atoms with van der Waals surface area (Å²) in [5.41, 5.74) is 1.99. The molecule has 0 unspecified atom stereocenters. The highest BCUT2D eigenvalue weighted by molar-refractivity contribution is 7.10. The Balaban J connectivity index is 1.68. The van der Waals surface area contributed by atoms with Crippen LogP contribution in [0.25, 0.3) is 0 Å². The maximum atomic E-state index is 13.2. The van der Waals surface area contributed by atoms with Gasteiger partial charge in [-0.1, -0.05) is 37.3 Å². The second-order valence-corrected chi connectivity index (χ2v) is 6.84. The van der Waals surface area contributed by atoms with Crippen LogP contribution in [-0.2, 0) is 11.2 Å². The molecule has 0 fully saturated rings. The number of thiophene rings is 1. The molecule has 0 saturated heterocycles. The molecular formula is C21H20FNO2S. The quantitative estimate of drug-likeness (QED) is 0.654. The van der Waals surface area contributed by atoms with Gasteiger partial charge in [0.1, 0.15) is 11.6 Å². The fourth-order valence-corrected chi connectivity index (χ4v) is 3.44. The van der Waals surface area contributed by atoms with Crippen LogP contribution in [0.2, 0.25) is 0 Å². The molecule has 0 aliphatic carbocycles. The topological polar surface area (TPSA) is 38.3 Å². The molecule has 0 radical (unpaired) electrons. The highest BCUT2D eigenvalue weighted by Crippen LogP contribution is 2.26. The van der Waals surface area contributed by atoms with E-state index < -0.39 is 0 Å². The molecule has 26 heavy (non-hydrogen) atoms. The van der Waals surface area contributed by atoms with E-state index in [4.69, 9.17) is 4.74 Å². The number of hydrogen-bond donors (Lipinski definition) is 1. The first-order chi connectivity index (χ1) is 12.7. The summed E-state index contributed by atoms with van der Waals surface area (Å²) in [5, 5.41) is 4.93. The standard InChI is InChI=1S/C21H20FNO2S/c1-2-15-5-3-6-18(13-15)25-14-20(24)23-21(19-7-4-12-26-19)16-8-10-17(22)11-9-16/h3-13,21H,2,14H2,1H3,(H,23,24)/t21-/m0/s1. The summed E-state index contributed by atoms with van der Waals surface area (Å²) in [6.07, 6.45) is 0.911. The van der Waals surface area contributed by atoms with E-state index in [-0.39, 0.29) is 24.4 Å². The van der Waals surface area contributed by atoms with Crippen LogP contribution in [0.5, 0.6) is 5.75 Å². The smallest absolute Gasteiger partial charge is 0.258 e. The number of hydrogen-bond acceptors (Lipinski definition) is 3. The summed E-state index contributed by atoms with van der Waals surface area (Å²) >= 11 is 1.54. The lowest BCUT2D eigenvalue weighted by Gasteiger charge is -2.18. The van der Waals surface area contributed by atoms with Crippen molar-refractivity contribution in [2.75, 3.05) is 6.61 Å². The number of rotatable bonds is 7. The Labute approximate surface area is 156 Å². The SMILES string of the molecule is CCc1cccc(OCC(=O)N[C@@H](c2ccc(F)cc2)c2cccs2)c1. The van der Waals surface area contributed by atoms with Gasteiger partial charge >= 0.3 is 0 Å². The van der Waals surface area contributed by atoms with Crippen LogP contribution in [-0.4, -0.2) is 12.5 Å². The van der Waals surface area contributed by atoms with Crippen molar-refractivity contribution < 1.29 is 13.9 Å². The maximum absolute atomic E-state index is 13.2. The van der Waals surface area contributed by atoms with Crippen LogP contribution in [0, 0.1) is 5.82 Å². The van der Waals surface area contributed by atoms with Gasteiger partial charge in [0.15, 0.2) is 6.61 Å². The minimum atomic E-state index is -0.325. The number of amides is 1. The van der Waals surface area contributed by atoms with Crippen molar-refractivity contribution >= 4 is 17.2 Å². The minimum Gasteiger partial charge on any atom is -0.484 e. The van der Waals surface area contributed by atoms with E-state index in [1.807, 2.05) is 41.8 Å². The molecule has 1 amide bonds. The van der Waals surface area contributed by atoms with Crippen molar-refractivity contribution in [1.82, 2.24) is 5.32 Å². The first kappa shape index (κ1) is 18.1. The molecule has 134 valence electrons. The monoisotopic (exact) mass is 369 g/mol. The fraction of sp³-hybridized carbons (Fsp3) is 0.190. The molecule has 3 aromatic rings. The van der Waals surface area contributed by atoms with Gasteiger partial charge in [0.25, 0.3) is 5.91 Å². The summed E-state index contributed by atoms with van der Waals surface area (Å²) in [7, 11) is 0. The Hall–Kier alpha value is -2.66. The van der Waals surface area contributed by atoms with Gasteiger partial charge in [0.05, 0.1) is 6.04 Å². The van der Waals surface area contributed by atoms with Crippen molar-refractivity contribution in [2.24, 2.45) is 0 Å².